The molecule has 0 saturated heterocycles. The SMILES string of the molecule is O=C(O)c1cc(SCC(O)CO)c2ccccc2n1. The van der Waals surface area contributed by atoms with Crippen molar-refractivity contribution in [2.45, 2.75) is 11.0 Å². The number of benzene rings is 1. The minimum Gasteiger partial charge on any atom is -0.477 e. The Morgan fingerprint density at radius 2 is 2.11 bits per heavy atom. The molecule has 100 valence electrons. The van der Waals surface area contributed by atoms with Crippen molar-refractivity contribution in [1.82, 2.24) is 4.98 Å². The van der Waals surface area contributed by atoms with Gasteiger partial charge < -0.3 is 15.3 Å². The lowest BCUT2D eigenvalue weighted by Gasteiger charge is -2.09. The van der Waals surface area contributed by atoms with Crippen LogP contribution in [0.4, 0.5) is 0 Å². The van der Waals surface area contributed by atoms with Crippen LogP contribution < -0.4 is 0 Å². The van der Waals surface area contributed by atoms with Crippen molar-refractivity contribution in [3.63, 3.8) is 0 Å². The number of rotatable bonds is 5. The highest BCUT2D eigenvalue weighted by atomic mass is 32.2. The molecule has 0 spiro atoms. The van der Waals surface area contributed by atoms with Crippen LogP contribution in [-0.2, 0) is 0 Å². The molecule has 5 nitrogen and oxygen atoms in total. The summed E-state index contributed by atoms with van der Waals surface area (Å²) in [4.78, 5) is 15.8. The van der Waals surface area contributed by atoms with E-state index in [1.807, 2.05) is 12.1 Å². The second-order valence-electron chi connectivity index (χ2n) is 3.98. The van der Waals surface area contributed by atoms with Gasteiger partial charge in [-0.25, -0.2) is 9.78 Å². The van der Waals surface area contributed by atoms with Gasteiger partial charge >= 0.3 is 5.97 Å². The maximum atomic E-state index is 11.0. The number of aliphatic hydroxyl groups is 2. The average Bonchev–Trinajstić information content (AvgIpc) is 2.43. The van der Waals surface area contributed by atoms with Gasteiger partial charge in [-0.05, 0) is 12.1 Å². The Balaban J connectivity index is 2.41. The van der Waals surface area contributed by atoms with Gasteiger partial charge in [-0.2, -0.15) is 0 Å². The molecule has 0 aliphatic heterocycles. The lowest BCUT2D eigenvalue weighted by molar-refractivity contribution is 0.0690. The van der Waals surface area contributed by atoms with Crippen LogP contribution in [0.2, 0.25) is 0 Å². The Hall–Kier alpha value is -1.63. The van der Waals surface area contributed by atoms with E-state index in [-0.39, 0.29) is 12.3 Å². The van der Waals surface area contributed by atoms with E-state index in [2.05, 4.69) is 4.98 Å². The summed E-state index contributed by atoms with van der Waals surface area (Å²) in [5.74, 6) is -0.792. The molecule has 2 rings (SSSR count). The number of aromatic carboxylic acids is 1. The molecule has 19 heavy (non-hydrogen) atoms. The van der Waals surface area contributed by atoms with Gasteiger partial charge in [0.25, 0.3) is 0 Å². The first-order valence-corrected chi connectivity index (χ1v) is 6.65. The third-order valence-corrected chi connectivity index (χ3v) is 3.74. The Morgan fingerprint density at radius 1 is 1.37 bits per heavy atom. The molecular formula is C13H13NO4S. The van der Waals surface area contributed by atoms with E-state index in [0.29, 0.717) is 11.3 Å². The standard InChI is InChI=1S/C13H13NO4S/c15-6-8(16)7-19-12-5-11(13(17)18)14-10-4-2-1-3-9(10)12/h1-5,8,15-16H,6-7H2,(H,17,18). The number of pyridine rings is 1. The first kappa shape index (κ1) is 13.8. The summed E-state index contributed by atoms with van der Waals surface area (Å²) < 4.78 is 0. The first-order chi connectivity index (χ1) is 9.11. The van der Waals surface area contributed by atoms with E-state index in [0.717, 1.165) is 10.3 Å². The Labute approximate surface area is 113 Å². The molecule has 3 N–H and O–H groups in total. The highest BCUT2D eigenvalue weighted by Gasteiger charge is 2.12. The van der Waals surface area contributed by atoms with Crippen LogP contribution in [0.15, 0.2) is 35.2 Å². The topological polar surface area (TPSA) is 90.7 Å². The molecule has 6 heteroatoms. The summed E-state index contributed by atoms with van der Waals surface area (Å²) in [5.41, 5.74) is 0.572. The minimum absolute atomic E-state index is 0.0281. The minimum atomic E-state index is -1.09. The third kappa shape index (κ3) is 3.23. The van der Waals surface area contributed by atoms with Crippen LogP contribution in [0.25, 0.3) is 10.9 Å². The van der Waals surface area contributed by atoms with Crippen LogP contribution >= 0.6 is 11.8 Å². The number of aromatic nitrogens is 1. The summed E-state index contributed by atoms with van der Waals surface area (Å²) in [6, 6.07) is 8.71. The highest BCUT2D eigenvalue weighted by Crippen LogP contribution is 2.28. The van der Waals surface area contributed by atoms with Gasteiger partial charge in [0.05, 0.1) is 18.2 Å². The van der Waals surface area contributed by atoms with Gasteiger partial charge in [0.15, 0.2) is 0 Å². The summed E-state index contributed by atoms with van der Waals surface area (Å²) in [7, 11) is 0. The molecule has 1 aromatic carbocycles. The summed E-state index contributed by atoms with van der Waals surface area (Å²) in [6.45, 7) is -0.318. The number of carbonyl (C=O) groups is 1. The molecule has 2 aromatic rings. The number of thioether (sulfide) groups is 1. The van der Waals surface area contributed by atoms with Crippen molar-refractivity contribution in [2.24, 2.45) is 0 Å². The predicted octanol–water partition coefficient (Wildman–Crippen LogP) is 1.38. The number of carboxylic acids is 1. The Kier molecular flexibility index (Phi) is 4.36. The van der Waals surface area contributed by atoms with Crippen LogP contribution in [0, 0.1) is 0 Å². The van der Waals surface area contributed by atoms with Crippen molar-refractivity contribution in [2.75, 3.05) is 12.4 Å². The monoisotopic (exact) mass is 279 g/mol. The molecule has 0 radical (unpaired) electrons. The van der Waals surface area contributed by atoms with Gasteiger partial charge in [0.2, 0.25) is 0 Å². The zero-order valence-corrected chi connectivity index (χ0v) is 10.8. The van der Waals surface area contributed by atoms with Crippen LogP contribution in [0.1, 0.15) is 10.5 Å². The van der Waals surface area contributed by atoms with Crippen molar-refractivity contribution < 1.29 is 20.1 Å². The Morgan fingerprint density at radius 3 is 2.79 bits per heavy atom. The fraction of sp³-hybridized carbons (Fsp3) is 0.231. The number of hydrogen-bond acceptors (Lipinski definition) is 5. The normalized spacial score (nSPS) is 12.5. The van der Waals surface area contributed by atoms with Crippen molar-refractivity contribution in [3.8, 4) is 0 Å². The number of fused-ring (bicyclic) bond motifs is 1. The molecule has 1 heterocycles. The van der Waals surface area contributed by atoms with Crippen LogP contribution in [0.5, 0.6) is 0 Å². The fourth-order valence-electron chi connectivity index (χ4n) is 1.61. The van der Waals surface area contributed by atoms with E-state index >= 15 is 0 Å². The van der Waals surface area contributed by atoms with Gasteiger partial charge in [-0.15, -0.1) is 11.8 Å². The van der Waals surface area contributed by atoms with Crippen molar-refractivity contribution in [1.29, 1.82) is 0 Å². The molecule has 1 unspecified atom stereocenters. The number of carboxylic acid groups (broad SMARTS) is 1. The van der Waals surface area contributed by atoms with E-state index in [1.165, 1.54) is 17.8 Å². The second-order valence-corrected chi connectivity index (χ2v) is 5.04. The molecule has 0 aliphatic carbocycles. The quantitative estimate of drug-likeness (QED) is 0.716. The van der Waals surface area contributed by atoms with Gasteiger partial charge in [-0.3, -0.25) is 0 Å². The Bertz CT molecular complexity index is 602. The lowest BCUT2D eigenvalue weighted by atomic mass is 10.2. The first-order valence-electron chi connectivity index (χ1n) is 5.66. The number of aliphatic hydroxyl groups excluding tert-OH is 2. The summed E-state index contributed by atoms with van der Waals surface area (Å²) in [6.07, 6.45) is -0.829. The molecule has 0 aliphatic rings. The number of nitrogens with zero attached hydrogens (tertiary/aromatic N) is 1. The maximum absolute atomic E-state index is 11.0. The smallest absolute Gasteiger partial charge is 0.354 e. The highest BCUT2D eigenvalue weighted by molar-refractivity contribution is 7.99. The van der Waals surface area contributed by atoms with E-state index in [4.69, 9.17) is 10.2 Å². The zero-order chi connectivity index (χ0) is 13.8. The van der Waals surface area contributed by atoms with Crippen LogP contribution in [0.3, 0.4) is 0 Å². The third-order valence-electron chi connectivity index (χ3n) is 2.54. The van der Waals surface area contributed by atoms with Crippen LogP contribution in [-0.4, -0.2) is 44.7 Å². The van der Waals surface area contributed by atoms with Gasteiger partial charge in [-0.1, -0.05) is 18.2 Å². The van der Waals surface area contributed by atoms with Gasteiger partial charge in [0.1, 0.15) is 5.69 Å². The van der Waals surface area contributed by atoms with Gasteiger partial charge in [0, 0.05) is 16.0 Å². The van der Waals surface area contributed by atoms with E-state index in [9.17, 15) is 9.90 Å². The lowest BCUT2D eigenvalue weighted by Crippen LogP contribution is -2.14. The summed E-state index contributed by atoms with van der Waals surface area (Å²) in [5, 5.41) is 28.0. The average molecular weight is 279 g/mol. The zero-order valence-electron chi connectivity index (χ0n) is 9.98. The molecule has 0 saturated carbocycles. The number of para-hydroxylation sites is 1. The molecule has 0 amide bonds. The summed E-state index contributed by atoms with van der Waals surface area (Å²) >= 11 is 1.30. The molecule has 1 atom stereocenters. The predicted molar refractivity (Wildman–Crippen MR) is 72.5 cm³/mol. The molecule has 0 bridgehead atoms. The maximum Gasteiger partial charge on any atom is 0.354 e. The van der Waals surface area contributed by atoms with Crippen molar-refractivity contribution in [3.05, 3.63) is 36.0 Å². The van der Waals surface area contributed by atoms with Crippen molar-refractivity contribution >= 4 is 28.6 Å². The molecule has 1 aromatic heterocycles. The van der Waals surface area contributed by atoms with E-state index < -0.39 is 12.1 Å². The largest absolute Gasteiger partial charge is 0.477 e. The second kappa shape index (κ2) is 6.01. The fourth-order valence-corrected chi connectivity index (χ4v) is 2.61. The number of hydrogen-bond donors (Lipinski definition) is 3. The van der Waals surface area contributed by atoms with E-state index in [1.54, 1.807) is 12.1 Å². The molecular weight excluding hydrogens is 266 g/mol. The molecule has 0 fully saturated rings.